The quantitative estimate of drug-likeness (QED) is 0.757. The second-order valence-corrected chi connectivity index (χ2v) is 4.47. The highest BCUT2D eigenvalue weighted by Gasteiger charge is 2.07. The average Bonchev–Trinajstić information content (AvgIpc) is 2.42. The average molecular weight is 250 g/mol. The van der Waals surface area contributed by atoms with E-state index in [1.165, 1.54) is 0 Å². The molecule has 3 aromatic rings. The second kappa shape index (κ2) is 4.65. The maximum Gasteiger partial charge on any atom is 0.160 e. The fourth-order valence-corrected chi connectivity index (χ4v) is 1.92. The molecule has 0 amide bonds. The van der Waals surface area contributed by atoms with E-state index in [-0.39, 0.29) is 0 Å². The molecule has 0 atom stereocenters. The number of pyridine rings is 1. The number of fused-ring (bicyclic) bond motifs is 1. The van der Waals surface area contributed by atoms with Crippen LogP contribution in [0.5, 0.6) is 0 Å². The van der Waals surface area contributed by atoms with Crippen molar-refractivity contribution in [3.05, 3.63) is 54.0 Å². The summed E-state index contributed by atoms with van der Waals surface area (Å²) in [5, 5.41) is 3.28. The summed E-state index contributed by atoms with van der Waals surface area (Å²) < 4.78 is 0. The van der Waals surface area contributed by atoms with Gasteiger partial charge in [0.2, 0.25) is 0 Å². The highest BCUT2D eigenvalue weighted by molar-refractivity contribution is 5.87. The third-order valence-electron chi connectivity index (χ3n) is 3.09. The lowest BCUT2D eigenvalue weighted by Crippen LogP contribution is -1.99. The van der Waals surface area contributed by atoms with E-state index in [2.05, 4.69) is 20.3 Å². The fraction of sp³-hybridized carbons (Fsp3) is 0.133. The lowest BCUT2D eigenvalue weighted by molar-refractivity contribution is 1.14. The molecule has 94 valence electrons. The molecule has 0 radical (unpaired) electrons. The van der Waals surface area contributed by atoms with Crippen molar-refractivity contribution in [2.75, 3.05) is 5.32 Å². The summed E-state index contributed by atoms with van der Waals surface area (Å²) >= 11 is 0. The van der Waals surface area contributed by atoms with Crippen molar-refractivity contribution in [1.82, 2.24) is 15.0 Å². The SMILES string of the molecule is Cc1cc2ncnc(Nc3ccccc3)c2nc1C. The van der Waals surface area contributed by atoms with Gasteiger partial charge in [-0.25, -0.2) is 15.0 Å². The highest BCUT2D eigenvalue weighted by Crippen LogP contribution is 2.22. The first-order valence-corrected chi connectivity index (χ1v) is 6.15. The number of benzene rings is 1. The van der Waals surface area contributed by atoms with Gasteiger partial charge in [0.1, 0.15) is 11.8 Å². The number of aromatic nitrogens is 3. The number of para-hydroxylation sites is 1. The monoisotopic (exact) mass is 250 g/mol. The molecule has 0 aliphatic carbocycles. The number of aryl methyl sites for hydroxylation is 2. The van der Waals surface area contributed by atoms with E-state index in [9.17, 15) is 0 Å². The van der Waals surface area contributed by atoms with Crippen molar-refractivity contribution in [3.63, 3.8) is 0 Å². The Labute approximate surface area is 111 Å². The number of nitrogens with zero attached hydrogens (tertiary/aromatic N) is 3. The number of anilines is 2. The number of hydrogen-bond donors (Lipinski definition) is 1. The molecule has 1 N–H and O–H groups in total. The van der Waals surface area contributed by atoms with Gasteiger partial charge >= 0.3 is 0 Å². The van der Waals surface area contributed by atoms with Gasteiger partial charge in [-0.15, -0.1) is 0 Å². The van der Waals surface area contributed by atoms with Gasteiger partial charge < -0.3 is 5.32 Å². The van der Waals surface area contributed by atoms with E-state index in [4.69, 9.17) is 0 Å². The molecule has 3 rings (SSSR count). The van der Waals surface area contributed by atoms with Crippen LogP contribution < -0.4 is 5.32 Å². The minimum atomic E-state index is 0.735. The van der Waals surface area contributed by atoms with Crippen LogP contribution in [0.3, 0.4) is 0 Å². The van der Waals surface area contributed by atoms with E-state index < -0.39 is 0 Å². The molecule has 2 aromatic heterocycles. The van der Waals surface area contributed by atoms with E-state index in [0.717, 1.165) is 33.8 Å². The molecule has 4 nitrogen and oxygen atoms in total. The van der Waals surface area contributed by atoms with Crippen LogP contribution in [0.25, 0.3) is 11.0 Å². The second-order valence-electron chi connectivity index (χ2n) is 4.47. The molecular weight excluding hydrogens is 236 g/mol. The van der Waals surface area contributed by atoms with Gasteiger partial charge in [-0.1, -0.05) is 18.2 Å². The van der Waals surface area contributed by atoms with Gasteiger partial charge in [0.15, 0.2) is 5.82 Å². The molecule has 0 saturated carbocycles. The summed E-state index contributed by atoms with van der Waals surface area (Å²) in [5.41, 5.74) is 4.78. The Bertz CT molecular complexity index is 723. The molecule has 19 heavy (non-hydrogen) atoms. The van der Waals surface area contributed by atoms with Gasteiger partial charge in [-0.2, -0.15) is 0 Å². The zero-order valence-corrected chi connectivity index (χ0v) is 10.9. The molecule has 0 unspecified atom stereocenters. The predicted molar refractivity (Wildman–Crippen MR) is 76.5 cm³/mol. The first kappa shape index (κ1) is 11.6. The Balaban J connectivity index is 2.11. The zero-order chi connectivity index (χ0) is 13.2. The Morgan fingerprint density at radius 1 is 1.00 bits per heavy atom. The standard InChI is InChI=1S/C15H14N4/c1-10-8-13-14(18-11(10)2)15(17-9-16-13)19-12-6-4-3-5-7-12/h3-9H,1-2H3,(H,16,17,19). The van der Waals surface area contributed by atoms with Gasteiger partial charge in [0.05, 0.1) is 5.52 Å². The first-order chi connectivity index (χ1) is 9.24. The van der Waals surface area contributed by atoms with Crippen LogP contribution in [-0.4, -0.2) is 15.0 Å². The maximum atomic E-state index is 4.58. The molecule has 0 aliphatic heterocycles. The lowest BCUT2D eigenvalue weighted by atomic mass is 10.2. The molecular formula is C15H14N4. The van der Waals surface area contributed by atoms with Gasteiger partial charge in [-0.05, 0) is 37.6 Å². The van der Waals surface area contributed by atoms with Crippen molar-refractivity contribution in [2.24, 2.45) is 0 Å². The minimum Gasteiger partial charge on any atom is -0.338 e. The molecule has 4 heteroatoms. The summed E-state index contributed by atoms with van der Waals surface area (Å²) in [4.78, 5) is 13.1. The van der Waals surface area contributed by atoms with E-state index in [1.807, 2.05) is 50.2 Å². The van der Waals surface area contributed by atoms with Crippen molar-refractivity contribution < 1.29 is 0 Å². The van der Waals surface area contributed by atoms with Crippen LogP contribution in [-0.2, 0) is 0 Å². The summed E-state index contributed by atoms with van der Waals surface area (Å²) in [6.45, 7) is 4.03. The molecule has 1 aromatic carbocycles. The molecule has 0 aliphatic rings. The van der Waals surface area contributed by atoms with Gasteiger partial charge in [-0.3, -0.25) is 0 Å². The zero-order valence-electron chi connectivity index (χ0n) is 10.9. The summed E-state index contributed by atoms with van der Waals surface area (Å²) in [7, 11) is 0. The Morgan fingerprint density at radius 3 is 2.58 bits per heavy atom. The normalized spacial score (nSPS) is 10.6. The lowest BCUT2D eigenvalue weighted by Gasteiger charge is -2.09. The number of hydrogen-bond acceptors (Lipinski definition) is 4. The summed E-state index contributed by atoms with van der Waals surface area (Å²) in [6, 6.07) is 12.0. The summed E-state index contributed by atoms with van der Waals surface area (Å²) in [5.74, 6) is 0.735. The van der Waals surface area contributed by atoms with Crippen LogP contribution in [0.2, 0.25) is 0 Å². The van der Waals surface area contributed by atoms with E-state index >= 15 is 0 Å². The molecule has 2 heterocycles. The minimum absolute atomic E-state index is 0.735. The van der Waals surface area contributed by atoms with Crippen molar-refractivity contribution in [2.45, 2.75) is 13.8 Å². The number of nitrogens with one attached hydrogen (secondary N) is 1. The van der Waals surface area contributed by atoms with Crippen molar-refractivity contribution >= 4 is 22.5 Å². The van der Waals surface area contributed by atoms with E-state index in [0.29, 0.717) is 0 Å². The third-order valence-corrected chi connectivity index (χ3v) is 3.09. The third kappa shape index (κ3) is 2.25. The van der Waals surface area contributed by atoms with Crippen LogP contribution in [0.1, 0.15) is 11.3 Å². The smallest absolute Gasteiger partial charge is 0.160 e. The van der Waals surface area contributed by atoms with Gasteiger partial charge in [0.25, 0.3) is 0 Å². The van der Waals surface area contributed by atoms with Crippen LogP contribution in [0.15, 0.2) is 42.7 Å². The van der Waals surface area contributed by atoms with Crippen LogP contribution in [0, 0.1) is 13.8 Å². The van der Waals surface area contributed by atoms with Crippen molar-refractivity contribution in [1.29, 1.82) is 0 Å². The largest absolute Gasteiger partial charge is 0.338 e. The Kier molecular flexibility index (Phi) is 2.83. The molecule has 0 spiro atoms. The first-order valence-electron chi connectivity index (χ1n) is 6.15. The molecule has 0 fully saturated rings. The maximum absolute atomic E-state index is 4.58. The Morgan fingerprint density at radius 2 is 1.79 bits per heavy atom. The van der Waals surface area contributed by atoms with Crippen molar-refractivity contribution in [3.8, 4) is 0 Å². The van der Waals surface area contributed by atoms with Gasteiger partial charge in [0, 0.05) is 11.4 Å². The van der Waals surface area contributed by atoms with Crippen LogP contribution >= 0.6 is 0 Å². The fourth-order valence-electron chi connectivity index (χ4n) is 1.92. The predicted octanol–water partition coefficient (Wildman–Crippen LogP) is 3.39. The molecule has 0 bridgehead atoms. The summed E-state index contributed by atoms with van der Waals surface area (Å²) in [6.07, 6.45) is 1.56. The Hall–Kier alpha value is -2.49. The molecule has 0 saturated heterocycles. The topological polar surface area (TPSA) is 50.7 Å². The van der Waals surface area contributed by atoms with Crippen LogP contribution in [0.4, 0.5) is 11.5 Å². The number of rotatable bonds is 2. The highest BCUT2D eigenvalue weighted by atomic mass is 15.0. The van der Waals surface area contributed by atoms with E-state index in [1.54, 1.807) is 6.33 Å².